The zero-order valence-electron chi connectivity index (χ0n) is 12.3. The van der Waals surface area contributed by atoms with Crippen LogP contribution >= 0.6 is 0 Å². The molecule has 0 saturated carbocycles. The summed E-state index contributed by atoms with van der Waals surface area (Å²) in [5, 5.41) is 0. The molecule has 102 valence electrons. The van der Waals surface area contributed by atoms with Crippen molar-refractivity contribution in [2.75, 3.05) is 13.2 Å². The Labute approximate surface area is 112 Å². The molecule has 0 fully saturated rings. The Hall–Kier alpha value is -1.02. The first kappa shape index (κ1) is 15.0. The van der Waals surface area contributed by atoms with E-state index in [0.29, 0.717) is 0 Å². The van der Waals surface area contributed by atoms with Gasteiger partial charge in [0.1, 0.15) is 5.75 Å². The van der Waals surface area contributed by atoms with Gasteiger partial charge in [0.25, 0.3) is 0 Å². The van der Waals surface area contributed by atoms with Crippen LogP contribution in [0.2, 0.25) is 0 Å². The molecule has 0 bridgehead atoms. The van der Waals surface area contributed by atoms with Crippen molar-refractivity contribution in [3.63, 3.8) is 0 Å². The SMILES string of the molecule is CCC(CC)(CN)CCOc1ccc(C)cc1C. The van der Waals surface area contributed by atoms with Gasteiger partial charge in [-0.3, -0.25) is 0 Å². The molecule has 1 aromatic carbocycles. The Bertz CT molecular complexity index is 361. The molecule has 2 heteroatoms. The van der Waals surface area contributed by atoms with Gasteiger partial charge in [0.2, 0.25) is 0 Å². The van der Waals surface area contributed by atoms with Gasteiger partial charge in [-0.05, 0) is 56.7 Å². The quantitative estimate of drug-likeness (QED) is 0.797. The van der Waals surface area contributed by atoms with Gasteiger partial charge in [-0.1, -0.05) is 31.5 Å². The van der Waals surface area contributed by atoms with Gasteiger partial charge < -0.3 is 10.5 Å². The third-order valence-electron chi connectivity index (χ3n) is 4.15. The van der Waals surface area contributed by atoms with Gasteiger partial charge in [-0.2, -0.15) is 0 Å². The number of ether oxygens (including phenoxy) is 1. The first-order valence-corrected chi connectivity index (χ1v) is 6.97. The molecule has 0 amide bonds. The van der Waals surface area contributed by atoms with E-state index in [1.807, 2.05) is 0 Å². The molecule has 0 heterocycles. The molecule has 0 atom stereocenters. The van der Waals surface area contributed by atoms with E-state index in [1.165, 1.54) is 11.1 Å². The highest BCUT2D eigenvalue weighted by molar-refractivity contribution is 5.35. The van der Waals surface area contributed by atoms with Gasteiger partial charge >= 0.3 is 0 Å². The van der Waals surface area contributed by atoms with E-state index < -0.39 is 0 Å². The fourth-order valence-corrected chi connectivity index (χ4v) is 2.33. The largest absolute Gasteiger partial charge is 0.493 e. The number of rotatable bonds is 7. The third kappa shape index (κ3) is 3.74. The number of hydrogen-bond donors (Lipinski definition) is 1. The molecule has 0 radical (unpaired) electrons. The molecule has 0 aliphatic carbocycles. The molecule has 2 nitrogen and oxygen atoms in total. The monoisotopic (exact) mass is 249 g/mol. The van der Waals surface area contributed by atoms with Gasteiger partial charge in [-0.25, -0.2) is 0 Å². The number of benzene rings is 1. The summed E-state index contributed by atoms with van der Waals surface area (Å²) in [5.41, 5.74) is 8.64. The van der Waals surface area contributed by atoms with E-state index in [9.17, 15) is 0 Å². The van der Waals surface area contributed by atoms with Crippen LogP contribution in [0.25, 0.3) is 0 Å². The van der Waals surface area contributed by atoms with Crippen LogP contribution in [-0.2, 0) is 0 Å². The van der Waals surface area contributed by atoms with E-state index in [2.05, 4.69) is 45.9 Å². The molecule has 1 rings (SSSR count). The van der Waals surface area contributed by atoms with E-state index >= 15 is 0 Å². The van der Waals surface area contributed by atoms with Crippen LogP contribution in [0.3, 0.4) is 0 Å². The Morgan fingerprint density at radius 3 is 2.33 bits per heavy atom. The van der Waals surface area contributed by atoms with E-state index in [-0.39, 0.29) is 5.41 Å². The predicted octanol–water partition coefficient (Wildman–Crippen LogP) is 3.84. The van der Waals surface area contributed by atoms with E-state index in [4.69, 9.17) is 10.5 Å². The molecule has 0 unspecified atom stereocenters. The van der Waals surface area contributed by atoms with Gasteiger partial charge in [0.05, 0.1) is 6.61 Å². The highest BCUT2D eigenvalue weighted by Gasteiger charge is 2.24. The minimum Gasteiger partial charge on any atom is -0.493 e. The summed E-state index contributed by atoms with van der Waals surface area (Å²) in [7, 11) is 0. The molecule has 0 saturated heterocycles. The Balaban J connectivity index is 2.55. The van der Waals surface area contributed by atoms with Gasteiger partial charge in [-0.15, -0.1) is 0 Å². The lowest BCUT2D eigenvalue weighted by atomic mass is 9.80. The van der Waals surface area contributed by atoms with E-state index in [0.717, 1.165) is 38.2 Å². The van der Waals surface area contributed by atoms with Crippen LogP contribution in [0, 0.1) is 19.3 Å². The maximum Gasteiger partial charge on any atom is 0.122 e. The highest BCUT2D eigenvalue weighted by atomic mass is 16.5. The van der Waals surface area contributed by atoms with Gasteiger partial charge in [0.15, 0.2) is 0 Å². The molecular weight excluding hydrogens is 222 g/mol. The van der Waals surface area contributed by atoms with Crippen molar-refractivity contribution >= 4 is 0 Å². The highest BCUT2D eigenvalue weighted by Crippen LogP contribution is 2.29. The minimum atomic E-state index is 0.249. The summed E-state index contributed by atoms with van der Waals surface area (Å²) in [6.07, 6.45) is 3.27. The lowest BCUT2D eigenvalue weighted by Gasteiger charge is -2.30. The topological polar surface area (TPSA) is 35.2 Å². The van der Waals surface area contributed by atoms with Crippen LogP contribution in [0.1, 0.15) is 44.2 Å². The van der Waals surface area contributed by atoms with Crippen LogP contribution in [0.4, 0.5) is 0 Å². The second kappa shape index (κ2) is 6.79. The molecular formula is C16H27NO. The smallest absolute Gasteiger partial charge is 0.122 e. The molecule has 0 aliphatic rings. The van der Waals surface area contributed by atoms with Crippen molar-refractivity contribution in [1.82, 2.24) is 0 Å². The first-order chi connectivity index (χ1) is 8.56. The summed E-state index contributed by atoms with van der Waals surface area (Å²) < 4.78 is 5.90. The Morgan fingerprint density at radius 1 is 1.17 bits per heavy atom. The first-order valence-electron chi connectivity index (χ1n) is 6.97. The van der Waals surface area contributed by atoms with Crippen LogP contribution in [0.5, 0.6) is 5.75 Å². The maximum atomic E-state index is 5.90. The maximum absolute atomic E-state index is 5.90. The summed E-state index contributed by atoms with van der Waals surface area (Å²) in [5.74, 6) is 0.999. The molecule has 18 heavy (non-hydrogen) atoms. The van der Waals surface area contributed by atoms with Crippen molar-refractivity contribution < 1.29 is 4.74 Å². The molecule has 0 spiro atoms. The Kier molecular flexibility index (Phi) is 5.67. The zero-order chi connectivity index (χ0) is 13.6. The summed E-state index contributed by atoms with van der Waals surface area (Å²) in [6.45, 7) is 10.1. The van der Waals surface area contributed by atoms with Crippen molar-refractivity contribution in [1.29, 1.82) is 0 Å². The lowest BCUT2D eigenvalue weighted by Crippen LogP contribution is -2.31. The standard InChI is InChI=1S/C16H27NO/c1-5-16(6-2,12-17)9-10-18-15-8-7-13(3)11-14(15)4/h7-8,11H,5-6,9-10,12,17H2,1-4H3. The van der Waals surface area contributed by atoms with Crippen molar-refractivity contribution in [3.05, 3.63) is 29.3 Å². The molecule has 0 aromatic heterocycles. The Morgan fingerprint density at radius 2 is 1.83 bits per heavy atom. The fraction of sp³-hybridized carbons (Fsp3) is 0.625. The predicted molar refractivity (Wildman–Crippen MR) is 78.1 cm³/mol. The second-order valence-electron chi connectivity index (χ2n) is 5.28. The van der Waals surface area contributed by atoms with Crippen molar-refractivity contribution in [3.8, 4) is 5.75 Å². The molecule has 1 aromatic rings. The third-order valence-corrected chi connectivity index (χ3v) is 4.15. The van der Waals surface area contributed by atoms with E-state index in [1.54, 1.807) is 0 Å². The number of nitrogens with two attached hydrogens (primary N) is 1. The fourth-order valence-electron chi connectivity index (χ4n) is 2.33. The lowest BCUT2D eigenvalue weighted by molar-refractivity contribution is 0.186. The van der Waals surface area contributed by atoms with Gasteiger partial charge in [0, 0.05) is 0 Å². The average Bonchev–Trinajstić information content (AvgIpc) is 2.38. The van der Waals surface area contributed by atoms with Crippen molar-refractivity contribution in [2.45, 2.75) is 47.0 Å². The van der Waals surface area contributed by atoms with Crippen LogP contribution in [-0.4, -0.2) is 13.2 Å². The van der Waals surface area contributed by atoms with Crippen molar-refractivity contribution in [2.24, 2.45) is 11.1 Å². The second-order valence-corrected chi connectivity index (χ2v) is 5.28. The number of hydrogen-bond acceptors (Lipinski definition) is 2. The van der Waals surface area contributed by atoms with Crippen LogP contribution < -0.4 is 10.5 Å². The normalized spacial score (nSPS) is 11.6. The van der Waals surface area contributed by atoms with Crippen LogP contribution in [0.15, 0.2) is 18.2 Å². The summed E-state index contributed by atoms with van der Waals surface area (Å²) in [4.78, 5) is 0. The average molecular weight is 249 g/mol. The number of aryl methyl sites for hydroxylation is 2. The summed E-state index contributed by atoms with van der Waals surface area (Å²) in [6, 6.07) is 6.32. The zero-order valence-corrected chi connectivity index (χ0v) is 12.3. The summed E-state index contributed by atoms with van der Waals surface area (Å²) >= 11 is 0. The molecule has 0 aliphatic heterocycles. The minimum absolute atomic E-state index is 0.249. The molecule has 2 N–H and O–H groups in total.